The zero-order valence-corrected chi connectivity index (χ0v) is 19.5. The molecule has 0 radical (unpaired) electrons. The number of rotatable bonds is 3. The van der Waals surface area contributed by atoms with Crippen LogP contribution < -0.4 is 5.32 Å². The first-order valence-corrected chi connectivity index (χ1v) is 10.9. The number of aryl methyl sites for hydroxylation is 1. The van der Waals surface area contributed by atoms with Gasteiger partial charge in [-0.25, -0.2) is 4.98 Å². The first kappa shape index (κ1) is 23.3. The molecule has 0 fully saturated rings. The van der Waals surface area contributed by atoms with E-state index in [0.717, 1.165) is 47.1 Å². The topological polar surface area (TPSA) is 105 Å². The van der Waals surface area contributed by atoms with Gasteiger partial charge in [0.25, 0.3) is 5.91 Å². The number of nitrogens with zero attached hydrogens (tertiary/aromatic N) is 6. The molecule has 4 rings (SSSR count). The average Bonchev–Trinajstić information content (AvgIpc) is 3.01. The molecular formula is C22H24BrN7O2. The quantitative estimate of drug-likeness (QED) is 0.435. The van der Waals surface area contributed by atoms with Crippen molar-refractivity contribution in [3.8, 4) is 0 Å². The molecule has 3 heterocycles. The summed E-state index contributed by atoms with van der Waals surface area (Å²) >= 11 is 3.62. The van der Waals surface area contributed by atoms with Gasteiger partial charge in [0.1, 0.15) is 12.1 Å². The summed E-state index contributed by atoms with van der Waals surface area (Å²) in [6.45, 7) is 5.81. The van der Waals surface area contributed by atoms with Gasteiger partial charge in [0, 0.05) is 24.5 Å². The lowest BCUT2D eigenvalue weighted by atomic mass is 10.2. The summed E-state index contributed by atoms with van der Waals surface area (Å²) in [5, 5.41) is 17.4. The van der Waals surface area contributed by atoms with E-state index in [1.807, 2.05) is 34.8 Å². The van der Waals surface area contributed by atoms with Crippen molar-refractivity contribution in [1.82, 2.24) is 24.8 Å². The summed E-state index contributed by atoms with van der Waals surface area (Å²) in [5.41, 5.74) is 2.78. The van der Waals surface area contributed by atoms with Crippen molar-refractivity contribution in [3.63, 3.8) is 0 Å². The number of carbonyl (C=O) groups excluding carboxylic acids is 2. The molecule has 1 aromatic carbocycles. The van der Waals surface area contributed by atoms with E-state index >= 15 is 0 Å². The number of aromatic nitrogens is 4. The summed E-state index contributed by atoms with van der Waals surface area (Å²) in [6, 6.07) is 7.50. The van der Waals surface area contributed by atoms with E-state index in [9.17, 15) is 4.79 Å². The van der Waals surface area contributed by atoms with E-state index in [-0.39, 0.29) is 5.91 Å². The van der Waals surface area contributed by atoms with Crippen LogP contribution in [0.15, 0.2) is 52.7 Å². The molecule has 0 aliphatic carbocycles. The zero-order chi connectivity index (χ0) is 23.1. The summed E-state index contributed by atoms with van der Waals surface area (Å²) < 4.78 is 2.83. The number of hydrogen-bond acceptors (Lipinski definition) is 7. The molecule has 32 heavy (non-hydrogen) atoms. The number of nitrogens with one attached hydrogen (secondary N) is 1. The Morgan fingerprint density at radius 3 is 2.81 bits per heavy atom. The number of allylic oxidation sites excluding steroid dienone is 1. The minimum atomic E-state index is -0.284. The van der Waals surface area contributed by atoms with Crippen molar-refractivity contribution in [2.24, 2.45) is 5.10 Å². The standard InChI is InChI=1S/C19H20BrN7O.C3H4O/c1-12-10-13(11-21-24-12)18(28)23-19-22-15-7-5-6-14(20)17(15)27(19)16-8-3-4-9-26(2)25-16;1-2-3-4/h5-7,10-11H,3-4,8-9H2,1-2H3,(H,22,23,28);2-3H,1H2. The predicted octanol–water partition coefficient (Wildman–Crippen LogP) is 3.80. The van der Waals surface area contributed by atoms with Crippen LogP contribution in [0, 0.1) is 6.92 Å². The van der Waals surface area contributed by atoms with Gasteiger partial charge in [-0.1, -0.05) is 12.6 Å². The van der Waals surface area contributed by atoms with E-state index in [1.54, 1.807) is 13.0 Å². The molecule has 0 atom stereocenters. The molecule has 166 valence electrons. The van der Waals surface area contributed by atoms with Crippen molar-refractivity contribution in [1.29, 1.82) is 0 Å². The van der Waals surface area contributed by atoms with Crippen molar-refractivity contribution in [2.75, 3.05) is 18.9 Å². The second-order valence-electron chi connectivity index (χ2n) is 7.14. The number of fused-ring (bicyclic) bond motifs is 1. The van der Waals surface area contributed by atoms with Crippen molar-refractivity contribution < 1.29 is 9.59 Å². The number of benzene rings is 1. The Morgan fingerprint density at radius 1 is 1.31 bits per heavy atom. The number of halogens is 1. The molecule has 0 spiro atoms. The Labute approximate surface area is 194 Å². The number of amides is 1. The second-order valence-corrected chi connectivity index (χ2v) is 8.00. The van der Waals surface area contributed by atoms with E-state index in [2.05, 4.69) is 43.0 Å². The molecule has 10 heteroatoms. The zero-order valence-electron chi connectivity index (χ0n) is 18.0. The van der Waals surface area contributed by atoms with Gasteiger partial charge in [-0.3, -0.25) is 24.5 Å². The lowest BCUT2D eigenvalue weighted by Gasteiger charge is -2.15. The van der Waals surface area contributed by atoms with Gasteiger partial charge in [0.05, 0.1) is 28.5 Å². The first-order valence-electron chi connectivity index (χ1n) is 10.1. The molecule has 0 bridgehead atoms. The third-order valence-electron chi connectivity index (χ3n) is 4.66. The Bertz CT molecular complexity index is 1170. The highest BCUT2D eigenvalue weighted by molar-refractivity contribution is 9.10. The molecule has 0 saturated carbocycles. The maximum Gasteiger partial charge on any atom is 0.259 e. The predicted molar refractivity (Wildman–Crippen MR) is 128 cm³/mol. The minimum Gasteiger partial charge on any atom is -0.299 e. The smallest absolute Gasteiger partial charge is 0.259 e. The molecule has 1 amide bonds. The lowest BCUT2D eigenvalue weighted by Crippen LogP contribution is -2.22. The van der Waals surface area contributed by atoms with Crippen LogP contribution in [0.5, 0.6) is 0 Å². The van der Waals surface area contributed by atoms with Crippen LogP contribution in [-0.4, -0.2) is 56.4 Å². The highest BCUT2D eigenvalue weighted by atomic mass is 79.9. The molecular weight excluding hydrogens is 474 g/mol. The van der Waals surface area contributed by atoms with Gasteiger partial charge >= 0.3 is 0 Å². The average molecular weight is 498 g/mol. The molecule has 3 aromatic rings. The third-order valence-corrected chi connectivity index (χ3v) is 5.30. The molecule has 0 saturated heterocycles. The Hall–Kier alpha value is -3.40. The minimum absolute atomic E-state index is 0.284. The van der Waals surface area contributed by atoms with E-state index < -0.39 is 0 Å². The number of aldehydes is 1. The largest absolute Gasteiger partial charge is 0.299 e. The maximum absolute atomic E-state index is 12.8. The van der Waals surface area contributed by atoms with Crippen LogP contribution in [0.4, 0.5) is 5.95 Å². The van der Waals surface area contributed by atoms with Gasteiger partial charge in [-0.2, -0.15) is 15.3 Å². The van der Waals surface area contributed by atoms with Gasteiger partial charge in [-0.05, 0) is 60.0 Å². The van der Waals surface area contributed by atoms with Crippen LogP contribution in [-0.2, 0) is 4.79 Å². The fourth-order valence-corrected chi connectivity index (χ4v) is 3.80. The summed E-state index contributed by atoms with van der Waals surface area (Å²) in [7, 11) is 1.96. The van der Waals surface area contributed by atoms with Crippen LogP contribution >= 0.6 is 15.9 Å². The third kappa shape index (κ3) is 5.44. The van der Waals surface area contributed by atoms with Crippen LogP contribution in [0.1, 0.15) is 35.3 Å². The molecule has 1 aliphatic rings. The number of hydrazone groups is 1. The summed E-state index contributed by atoms with van der Waals surface area (Å²) in [4.78, 5) is 26.5. The molecule has 1 aliphatic heterocycles. The fraction of sp³-hybridized carbons (Fsp3) is 0.273. The lowest BCUT2D eigenvalue weighted by molar-refractivity contribution is -0.104. The summed E-state index contributed by atoms with van der Waals surface area (Å²) in [6.07, 6.45) is 6.17. The number of imidazole rings is 1. The highest BCUT2D eigenvalue weighted by Crippen LogP contribution is 2.29. The van der Waals surface area contributed by atoms with Crippen LogP contribution in [0.2, 0.25) is 0 Å². The monoisotopic (exact) mass is 497 g/mol. The molecule has 2 aromatic heterocycles. The van der Waals surface area contributed by atoms with E-state index in [1.165, 1.54) is 12.3 Å². The van der Waals surface area contributed by atoms with Crippen molar-refractivity contribution in [3.05, 3.63) is 58.8 Å². The number of hydrogen-bond donors (Lipinski definition) is 1. The van der Waals surface area contributed by atoms with Gasteiger partial charge < -0.3 is 0 Å². The Morgan fingerprint density at radius 2 is 2.09 bits per heavy atom. The van der Waals surface area contributed by atoms with Gasteiger partial charge in [0.15, 0.2) is 0 Å². The second kappa shape index (κ2) is 10.8. The maximum atomic E-state index is 12.8. The molecule has 0 unspecified atom stereocenters. The van der Waals surface area contributed by atoms with Crippen LogP contribution in [0.3, 0.4) is 0 Å². The fourth-order valence-electron chi connectivity index (χ4n) is 3.27. The SMILES string of the molecule is C=CC=O.Cc1cc(C(=O)Nc2nc3cccc(Br)c3n2C2=NN(C)CCCC2)cnn1. The highest BCUT2D eigenvalue weighted by Gasteiger charge is 2.21. The van der Waals surface area contributed by atoms with Crippen LogP contribution in [0.25, 0.3) is 11.0 Å². The van der Waals surface area contributed by atoms with E-state index in [0.29, 0.717) is 23.5 Å². The van der Waals surface area contributed by atoms with Gasteiger partial charge in [0.2, 0.25) is 5.95 Å². The Balaban J connectivity index is 0.000000668. The van der Waals surface area contributed by atoms with Crippen molar-refractivity contribution in [2.45, 2.75) is 26.2 Å². The normalized spacial score (nSPS) is 13.5. The molecule has 1 N–H and O–H groups in total. The summed E-state index contributed by atoms with van der Waals surface area (Å²) in [5.74, 6) is 1.01. The van der Waals surface area contributed by atoms with Crippen molar-refractivity contribution >= 4 is 50.9 Å². The van der Waals surface area contributed by atoms with Gasteiger partial charge in [-0.15, -0.1) is 0 Å². The number of para-hydroxylation sites is 1. The number of anilines is 1. The van der Waals surface area contributed by atoms with E-state index in [4.69, 9.17) is 9.90 Å². The molecule has 9 nitrogen and oxygen atoms in total. The first-order chi connectivity index (χ1) is 15.4. The Kier molecular flexibility index (Phi) is 7.82. The number of carbonyl (C=O) groups is 2.